The molecule has 2 heteroatoms. The number of hydrogen-bond donors (Lipinski definition) is 0. The Kier molecular flexibility index (Phi) is 2.47. The highest BCUT2D eigenvalue weighted by Crippen LogP contribution is 2.36. The molecule has 0 aromatic carbocycles. The minimum Gasteiger partial charge on any atom is -0.371 e. The summed E-state index contributed by atoms with van der Waals surface area (Å²) >= 11 is 5.26. The molecule has 1 rings (SSSR count). The molecule has 2 atom stereocenters. The molecular formula is C9H13ClO. The summed E-state index contributed by atoms with van der Waals surface area (Å²) in [6.07, 6.45) is 1.36. The Hall–Kier alpha value is -0.190. The zero-order chi connectivity index (χ0) is 8.48. The number of halogens is 1. The third kappa shape index (κ3) is 3.14. The van der Waals surface area contributed by atoms with Crippen LogP contribution in [0.15, 0.2) is 0 Å². The van der Waals surface area contributed by atoms with Crippen LogP contribution in [-0.4, -0.2) is 11.7 Å². The highest BCUT2D eigenvalue weighted by Gasteiger charge is 2.39. The maximum Gasteiger partial charge on any atom is 0.0733 e. The van der Waals surface area contributed by atoms with E-state index in [4.69, 9.17) is 16.3 Å². The van der Waals surface area contributed by atoms with Gasteiger partial charge in [0, 0.05) is 5.38 Å². The maximum absolute atomic E-state index is 5.65. The van der Waals surface area contributed by atoms with Gasteiger partial charge in [-0.1, -0.05) is 5.92 Å². The summed E-state index contributed by atoms with van der Waals surface area (Å²) in [4.78, 5) is 0. The van der Waals surface area contributed by atoms with E-state index in [1.807, 2.05) is 0 Å². The van der Waals surface area contributed by atoms with Gasteiger partial charge in [-0.25, -0.2) is 0 Å². The molecule has 0 aromatic rings. The lowest BCUT2D eigenvalue weighted by atomic mass is 10.2. The molecule has 1 aliphatic rings. The molecule has 1 aliphatic carbocycles. The van der Waals surface area contributed by atoms with E-state index in [0.29, 0.717) is 12.0 Å². The summed E-state index contributed by atoms with van der Waals surface area (Å²) in [5, 5.41) is 2.39. The number of ether oxygens (including phenoxy) is 1. The van der Waals surface area contributed by atoms with Crippen LogP contribution in [0.2, 0.25) is 0 Å². The average Bonchev–Trinajstić information content (AvgIpc) is 2.44. The summed E-state index contributed by atoms with van der Waals surface area (Å²) in [6, 6.07) is 0. The average molecular weight is 173 g/mol. The van der Waals surface area contributed by atoms with E-state index in [-0.39, 0.29) is 5.60 Å². The van der Waals surface area contributed by atoms with Gasteiger partial charge in [0.1, 0.15) is 0 Å². The Morgan fingerprint density at radius 1 is 1.45 bits per heavy atom. The van der Waals surface area contributed by atoms with Crippen molar-refractivity contribution in [3.05, 3.63) is 0 Å². The van der Waals surface area contributed by atoms with Crippen LogP contribution in [-0.2, 0) is 4.74 Å². The van der Waals surface area contributed by atoms with Crippen molar-refractivity contribution in [1.82, 2.24) is 0 Å². The molecule has 0 amide bonds. The molecule has 11 heavy (non-hydrogen) atoms. The van der Waals surface area contributed by atoms with Crippen LogP contribution in [0.5, 0.6) is 0 Å². The first kappa shape index (κ1) is 8.90. The molecule has 1 nitrogen and oxygen atoms in total. The molecular weight excluding hydrogens is 160 g/mol. The van der Waals surface area contributed by atoms with Gasteiger partial charge in [0.15, 0.2) is 0 Å². The largest absolute Gasteiger partial charge is 0.371 e. The molecule has 0 radical (unpaired) electrons. The smallest absolute Gasteiger partial charge is 0.0733 e. The van der Waals surface area contributed by atoms with E-state index in [2.05, 4.69) is 32.1 Å². The van der Waals surface area contributed by atoms with Crippen LogP contribution >= 0.6 is 11.6 Å². The first-order valence-electron chi connectivity index (χ1n) is 3.82. The van der Waals surface area contributed by atoms with E-state index in [0.717, 1.165) is 6.42 Å². The van der Waals surface area contributed by atoms with Gasteiger partial charge in [-0.15, -0.1) is 0 Å². The number of hydrogen-bond acceptors (Lipinski definition) is 1. The predicted octanol–water partition coefficient (Wildman–Crippen LogP) is 2.39. The van der Waals surface area contributed by atoms with Crippen molar-refractivity contribution in [2.24, 2.45) is 5.92 Å². The molecule has 0 heterocycles. The van der Waals surface area contributed by atoms with Crippen molar-refractivity contribution >= 4 is 11.6 Å². The van der Waals surface area contributed by atoms with Gasteiger partial charge in [0.25, 0.3) is 0 Å². The number of rotatable bonds is 1. The lowest BCUT2D eigenvalue weighted by Gasteiger charge is -2.18. The summed E-state index contributed by atoms with van der Waals surface area (Å²) < 4.78 is 5.65. The van der Waals surface area contributed by atoms with Gasteiger partial charge in [0.05, 0.1) is 17.6 Å². The quantitative estimate of drug-likeness (QED) is 0.552. The molecule has 0 saturated heterocycles. The Morgan fingerprint density at radius 3 is 2.55 bits per heavy atom. The monoisotopic (exact) mass is 172 g/mol. The second-order valence-corrected chi connectivity index (χ2v) is 4.04. The highest BCUT2D eigenvalue weighted by atomic mass is 35.5. The molecule has 1 fully saturated rings. The molecule has 0 aromatic heterocycles. The first-order valence-corrected chi connectivity index (χ1v) is 4.20. The summed E-state index contributed by atoms with van der Waals surface area (Å²) in [6.45, 7) is 6.16. The fourth-order valence-corrected chi connectivity index (χ4v) is 1.12. The lowest BCUT2D eigenvalue weighted by Crippen LogP contribution is -2.20. The molecule has 0 unspecified atom stereocenters. The molecule has 0 N–H and O–H groups in total. The van der Waals surface area contributed by atoms with E-state index in [9.17, 15) is 0 Å². The zero-order valence-electron chi connectivity index (χ0n) is 7.15. The van der Waals surface area contributed by atoms with Gasteiger partial charge in [-0.05, 0) is 38.8 Å². The van der Waals surface area contributed by atoms with Crippen LogP contribution in [0.4, 0.5) is 0 Å². The second-order valence-electron chi connectivity index (χ2n) is 3.85. The van der Waals surface area contributed by atoms with Crippen LogP contribution in [0.1, 0.15) is 27.2 Å². The molecule has 0 bridgehead atoms. The fourth-order valence-electron chi connectivity index (χ4n) is 0.978. The van der Waals surface area contributed by atoms with E-state index in [1.54, 1.807) is 0 Å². The second kappa shape index (κ2) is 3.05. The Bertz CT molecular complexity index is 194. The van der Waals surface area contributed by atoms with Gasteiger partial charge in [0.2, 0.25) is 0 Å². The summed E-state index contributed by atoms with van der Waals surface area (Å²) in [5.41, 5.74) is -0.0482. The van der Waals surface area contributed by atoms with Crippen LogP contribution < -0.4 is 0 Å². The molecule has 0 spiro atoms. The minimum absolute atomic E-state index is 0.0482. The SMILES string of the molecule is CC(C)(C)O[C@H]1C[C@@H]1C#CCl. The first-order chi connectivity index (χ1) is 5.03. The van der Waals surface area contributed by atoms with Crippen molar-refractivity contribution in [3.8, 4) is 11.3 Å². The van der Waals surface area contributed by atoms with Gasteiger partial charge in [-0.3, -0.25) is 0 Å². The molecule has 62 valence electrons. The van der Waals surface area contributed by atoms with Crippen LogP contribution in [0.25, 0.3) is 0 Å². The highest BCUT2D eigenvalue weighted by molar-refractivity contribution is 6.30. The van der Waals surface area contributed by atoms with E-state index >= 15 is 0 Å². The van der Waals surface area contributed by atoms with Crippen molar-refractivity contribution in [3.63, 3.8) is 0 Å². The topological polar surface area (TPSA) is 9.23 Å². The Balaban J connectivity index is 2.27. The molecule has 0 aliphatic heterocycles. The third-order valence-corrected chi connectivity index (χ3v) is 1.59. The van der Waals surface area contributed by atoms with Crippen molar-refractivity contribution < 1.29 is 4.74 Å². The van der Waals surface area contributed by atoms with Crippen molar-refractivity contribution in [1.29, 1.82) is 0 Å². The Labute approximate surface area is 73.1 Å². The predicted molar refractivity (Wildman–Crippen MR) is 46.4 cm³/mol. The van der Waals surface area contributed by atoms with Gasteiger partial charge in [-0.2, -0.15) is 0 Å². The standard InChI is InChI=1S/C9H13ClO/c1-9(2,3)11-8-6-7(8)4-5-10/h7-8H,6H2,1-3H3/t7-,8-/m0/s1. The van der Waals surface area contributed by atoms with E-state index < -0.39 is 0 Å². The normalized spacial score (nSPS) is 29.1. The van der Waals surface area contributed by atoms with E-state index in [1.165, 1.54) is 0 Å². The zero-order valence-corrected chi connectivity index (χ0v) is 7.90. The third-order valence-electron chi connectivity index (χ3n) is 1.48. The summed E-state index contributed by atoms with van der Waals surface area (Å²) in [5.74, 6) is 3.26. The van der Waals surface area contributed by atoms with Crippen molar-refractivity contribution in [2.75, 3.05) is 0 Å². The lowest BCUT2D eigenvalue weighted by molar-refractivity contribution is -0.0187. The van der Waals surface area contributed by atoms with Crippen LogP contribution in [0.3, 0.4) is 0 Å². The fraction of sp³-hybridized carbons (Fsp3) is 0.778. The van der Waals surface area contributed by atoms with Crippen LogP contribution in [0, 0.1) is 17.2 Å². The minimum atomic E-state index is -0.0482. The van der Waals surface area contributed by atoms with Gasteiger partial charge >= 0.3 is 0 Å². The van der Waals surface area contributed by atoms with Crippen molar-refractivity contribution in [2.45, 2.75) is 38.9 Å². The Morgan fingerprint density at radius 2 is 2.09 bits per heavy atom. The maximum atomic E-state index is 5.65. The van der Waals surface area contributed by atoms with Gasteiger partial charge < -0.3 is 4.74 Å². The summed E-state index contributed by atoms with van der Waals surface area (Å²) in [7, 11) is 0. The molecule has 1 saturated carbocycles.